The van der Waals surface area contributed by atoms with E-state index in [1.165, 1.54) is 17.0 Å². The summed E-state index contributed by atoms with van der Waals surface area (Å²) in [6.07, 6.45) is 0.577. The minimum Gasteiger partial charge on any atom is -0.368 e. The number of piperazine rings is 1. The van der Waals surface area contributed by atoms with Crippen molar-refractivity contribution >= 4 is 56.4 Å². The van der Waals surface area contributed by atoms with Crippen LogP contribution in [0.3, 0.4) is 0 Å². The van der Waals surface area contributed by atoms with Gasteiger partial charge in [0.25, 0.3) is 5.91 Å². The number of carbonyl (C=O) groups excluding carboxylic acids is 2. The fourth-order valence-corrected chi connectivity index (χ4v) is 5.97. The van der Waals surface area contributed by atoms with Crippen LogP contribution in [0.25, 0.3) is 0 Å². The van der Waals surface area contributed by atoms with Gasteiger partial charge < -0.3 is 9.80 Å². The van der Waals surface area contributed by atoms with Gasteiger partial charge in [0.15, 0.2) is 5.78 Å². The molecule has 0 unspecified atom stereocenters. The minimum atomic E-state index is 0.0571. The van der Waals surface area contributed by atoms with Crippen LogP contribution < -0.4 is 4.90 Å². The molecule has 2 aliphatic heterocycles. The number of thiophene rings is 1. The van der Waals surface area contributed by atoms with Crippen molar-refractivity contribution in [2.45, 2.75) is 10.6 Å². The molecule has 130 valence electrons. The third-order valence-electron chi connectivity index (χ3n) is 4.51. The van der Waals surface area contributed by atoms with E-state index in [4.69, 9.17) is 0 Å². The van der Waals surface area contributed by atoms with Crippen molar-refractivity contribution in [2.75, 3.05) is 36.8 Å². The van der Waals surface area contributed by atoms with Crippen molar-refractivity contribution in [1.29, 1.82) is 0 Å². The van der Waals surface area contributed by atoms with Crippen molar-refractivity contribution in [2.24, 2.45) is 0 Å². The normalized spacial score (nSPS) is 17.6. The molecule has 1 saturated heterocycles. The number of amides is 1. The van der Waals surface area contributed by atoms with Gasteiger partial charge in [-0.15, -0.1) is 23.1 Å². The largest absolute Gasteiger partial charge is 0.368 e. The smallest absolute Gasteiger partial charge is 0.264 e. The summed E-state index contributed by atoms with van der Waals surface area (Å²) in [6, 6.07) is 10.0. The Balaban J connectivity index is 1.44. The standard InChI is InChI=1S/C18H17BrN2O2S2/c19-12-2-1-3-13(10-12)20-5-7-21(8-6-20)17(23)16-11-14-15(22)4-9-24-18(14)25-16/h1-3,10-11H,4-9H2. The molecule has 0 aliphatic carbocycles. The summed E-state index contributed by atoms with van der Waals surface area (Å²) in [6.45, 7) is 3.05. The highest BCUT2D eigenvalue weighted by Crippen LogP contribution is 2.37. The second-order valence-corrected chi connectivity index (χ2v) is 9.42. The number of halogens is 1. The molecule has 1 aromatic carbocycles. The van der Waals surface area contributed by atoms with Gasteiger partial charge in [-0.1, -0.05) is 22.0 Å². The molecule has 0 saturated carbocycles. The van der Waals surface area contributed by atoms with Crippen LogP contribution in [0, 0.1) is 0 Å². The zero-order valence-corrected chi connectivity index (χ0v) is 16.8. The van der Waals surface area contributed by atoms with E-state index in [1.54, 1.807) is 17.8 Å². The molecule has 4 nitrogen and oxygen atoms in total. The van der Waals surface area contributed by atoms with E-state index in [-0.39, 0.29) is 11.7 Å². The summed E-state index contributed by atoms with van der Waals surface area (Å²) < 4.78 is 2.07. The number of ketones is 1. The van der Waals surface area contributed by atoms with Crippen LogP contribution in [-0.4, -0.2) is 48.5 Å². The second-order valence-electron chi connectivity index (χ2n) is 6.09. The molecule has 0 N–H and O–H groups in total. The molecule has 0 radical (unpaired) electrons. The first-order chi connectivity index (χ1) is 12.1. The Hall–Kier alpha value is -1.31. The zero-order chi connectivity index (χ0) is 17.4. The van der Waals surface area contributed by atoms with Crippen molar-refractivity contribution in [3.8, 4) is 0 Å². The first-order valence-electron chi connectivity index (χ1n) is 8.21. The van der Waals surface area contributed by atoms with Crippen LogP contribution in [0.5, 0.6) is 0 Å². The van der Waals surface area contributed by atoms with Gasteiger partial charge in [-0.3, -0.25) is 9.59 Å². The molecule has 1 amide bonds. The summed E-state index contributed by atoms with van der Waals surface area (Å²) in [4.78, 5) is 29.7. The number of rotatable bonds is 2. The van der Waals surface area contributed by atoms with E-state index in [2.05, 4.69) is 33.0 Å². The van der Waals surface area contributed by atoms with Crippen molar-refractivity contribution in [3.63, 3.8) is 0 Å². The molecule has 0 spiro atoms. The van der Waals surface area contributed by atoms with Gasteiger partial charge in [0, 0.05) is 54.1 Å². The lowest BCUT2D eigenvalue weighted by Gasteiger charge is -2.36. The van der Waals surface area contributed by atoms with Crippen LogP contribution in [0.1, 0.15) is 26.5 Å². The summed E-state index contributed by atoms with van der Waals surface area (Å²) in [5.41, 5.74) is 1.92. The first-order valence-corrected chi connectivity index (χ1v) is 10.8. The first kappa shape index (κ1) is 17.1. The lowest BCUT2D eigenvalue weighted by atomic mass is 10.1. The number of hydrogen-bond acceptors (Lipinski definition) is 5. The van der Waals surface area contributed by atoms with Crippen molar-refractivity contribution < 1.29 is 9.59 Å². The molecule has 25 heavy (non-hydrogen) atoms. The summed E-state index contributed by atoms with van der Waals surface area (Å²) in [7, 11) is 0. The molecular formula is C18H17BrN2O2S2. The van der Waals surface area contributed by atoms with Crippen molar-refractivity contribution in [1.82, 2.24) is 4.90 Å². The topological polar surface area (TPSA) is 40.6 Å². The van der Waals surface area contributed by atoms with E-state index < -0.39 is 0 Å². The Morgan fingerprint density at radius 1 is 1.12 bits per heavy atom. The van der Waals surface area contributed by atoms with Crippen LogP contribution in [0.4, 0.5) is 5.69 Å². The fraction of sp³-hybridized carbons (Fsp3) is 0.333. The molecule has 1 fully saturated rings. The maximum atomic E-state index is 12.8. The maximum absolute atomic E-state index is 12.8. The third kappa shape index (κ3) is 3.50. The van der Waals surface area contributed by atoms with E-state index in [0.29, 0.717) is 24.4 Å². The predicted octanol–water partition coefficient (Wildman–Crippen LogP) is 4.15. The van der Waals surface area contributed by atoms with E-state index in [0.717, 1.165) is 33.1 Å². The Morgan fingerprint density at radius 2 is 1.92 bits per heavy atom. The van der Waals surface area contributed by atoms with Crippen LogP contribution >= 0.6 is 39.0 Å². The van der Waals surface area contributed by atoms with E-state index in [1.807, 2.05) is 17.0 Å². The molecule has 2 aliphatic rings. The monoisotopic (exact) mass is 436 g/mol. The highest BCUT2D eigenvalue weighted by atomic mass is 79.9. The number of fused-ring (bicyclic) bond motifs is 1. The lowest BCUT2D eigenvalue weighted by Crippen LogP contribution is -2.48. The number of thioether (sulfide) groups is 1. The third-order valence-corrected chi connectivity index (χ3v) is 7.42. The van der Waals surface area contributed by atoms with Crippen molar-refractivity contribution in [3.05, 3.63) is 45.2 Å². The second kappa shape index (κ2) is 7.13. The molecule has 0 atom stereocenters. The Bertz CT molecular complexity index is 828. The van der Waals surface area contributed by atoms with Gasteiger partial charge in [0.2, 0.25) is 0 Å². The molecule has 2 aromatic rings. The summed E-state index contributed by atoms with van der Waals surface area (Å²) in [5, 5.41) is 0. The van der Waals surface area contributed by atoms with Gasteiger partial charge in [-0.05, 0) is 24.3 Å². The van der Waals surface area contributed by atoms with Crippen LogP contribution in [0.2, 0.25) is 0 Å². The number of Topliss-reactive ketones (excluding diaryl/α,β-unsaturated/α-hetero) is 1. The summed E-state index contributed by atoms with van der Waals surface area (Å²) in [5.74, 6) is 1.05. The number of anilines is 1. The lowest BCUT2D eigenvalue weighted by molar-refractivity contribution is 0.0751. The van der Waals surface area contributed by atoms with Gasteiger partial charge in [-0.25, -0.2) is 0 Å². The number of carbonyl (C=O) groups is 2. The Kier molecular flexibility index (Phi) is 4.88. The van der Waals surface area contributed by atoms with Gasteiger partial charge in [0.1, 0.15) is 0 Å². The number of hydrogen-bond donors (Lipinski definition) is 0. The van der Waals surface area contributed by atoms with Crippen LogP contribution in [-0.2, 0) is 0 Å². The predicted molar refractivity (Wildman–Crippen MR) is 106 cm³/mol. The maximum Gasteiger partial charge on any atom is 0.264 e. The molecule has 1 aromatic heterocycles. The molecule has 0 bridgehead atoms. The number of nitrogens with zero attached hydrogens (tertiary/aromatic N) is 2. The minimum absolute atomic E-state index is 0.0571. The fourth-order valence-electron chi connectivity index (χ4n) is 3.15. The van der Waals surface area contributed by atoms with Gasteiger partial charge in [0.05, 0.1) is 9.09 Å². The summed E-state index contributed by atoms with van der Waals surface area (Å²) >= 11 is 6.67. The molecule has 4 rings (SSSR count). The average molecular weight is 437 g/mol. The molecular weight excluding hydrogens is 420 g/mol. The Labute approximate surface area is 163 Å². The highest BCUT2D eigenvalue weighted by Gasteiger charge is 2.27. The Morgan fingerprint density at radius 3 is 2.64 bits per heavy atom. The molecule has 7 heteroatoms. The number of benzene rings is 1. The SMILES string of the molecule is O=C1CCSc2sc(C(=O)N3CCN(c4cccc(Br)c4)CC3)cc21. The van der Waals surface area contributed by atoms with Gasteiger partial charge >= 0.3 is 0 Å². The van der Waals surface area contributed by atoms with Gasteiger partial charge in [-0.2, -0.15) is 0 Å². The quantitative estimate of drug-likeness (QED) is 0.708. The zero-order valence-electron chi connectivity index (χ0n) is 13.5. The van der Waals surface area contributed by atoms with E-state index in [9.17, 15) is 9.59 Å². The highest BCUT2D eigenvalue weighted by molar-refractivity contribution is 9.10. The van der Waals surface area contributed by atoms with Crippen LogP contribution in [0.15, 0.2) is 39.0 Å². The van der Waals surface area contributed by atoms with E-state index >= 15 is 0 Å². The average Bonchev–Trinajstić information content (AvgIpc) is 3.07. The molecule has 3 heterocycles.